The van der Waals surface area contributed by atoms with Crippen LogP contribution in [0.3, 0.4) is 0 Å². The van der Waals surface area contributed by atoms with Crippen LogP contribution in [0.4, 0.5) is 0 Å². The van der Waals surface area contributed by atoms with Crippen molar-refractivity contribution < 1.29 is 0 Å². The maximum absolute atomic E-state index is 4.35. The molecule has 3 rings (SSSR count). The Bertz CT molecular complexity index is 601. The van der Waals surface area contributed by atoms with Crippen molar-refractivity contribution in [3.05, 3.63) is 36.2 Å². The molecular weight excluding hydrogens is 276 g/mol. The van der Waals surface area contributed by atoms with E-state index in [-0.39, 0.29) is 0 Å². The van der Waals surface area contributed by atoms with Gasteiger partial charge in [0.15, 0.2) is 0 Å². The van der Waals surface area contributed by atoms with Gasteiger partial charge in [-0.3, -0.25) is 9.58 Å². The summed E-state index contributed by atoms with van der Waals surface area (Å²) in [5.41, 5.74) is 2.54. The van der Waals surface area contributed by atoms with E-state index < -0.39 is 0 Å². The molecule has 2 aromatic rings. The van der Waals surface area contributed by atoms with Crippen LogP contribution in [0, 0.1) is 5.92 Å². The summed E-state index contributed by atoms with van der Waals surface area (Å²) in [6, 6.07) is 2.60. The molecule has 0 unspecified atom stereocenters. The monoisotopic (exact) mass is 302 g/mol. The molecule has 0 saturated carbocycles. The second kappa shape index (κ2) is 6.62. The molecule has 0 spiro atoms. The van der Waals surface area contributed by atoms with E-state index in [9.17, 15) is 0 Å². The van der Waals surface area contributed by atoms with Gasteiger partial charge in [-0.25, -0.2) is 4.98 Å². The van der Waals surface area contributed by atoms with Crippen molar-refractivity contribution in [3.8, 4) is 0 Å². The van der Waals surface area contributed by atoms with Gasteiger partial charge in [-0.2, -0.15) is 5.10 Å². The van der Waals surface area contributed by atoms with Crippen LogP contribution in [0.2, 0.25) is 0 Å². The predicted octanol–water partition coefficient (Wildman–Crippen LogP) is 1.33. The van der Waals surface area contributed by atoms with E-state index in [0.717, 1.165) is 19.6 Å². The number of hydrogen-bond acceptors (Lipinski definition) is 4. The van der Waals surface area contributed by atoms with Crippen LogP contribution < -0.4 is 5.32 Å². The van der Waals surface area contributed by atoms with Gasteiger partial charge in [-0.15, -0.1) is 0 Å². The first kappa shape index (κ1) is 15.2. The number of aromatic nitrogens is 4. The van der Waals surface area contributed by atoms with Crippen LogP contribution in [0.1, 0.15) is 30.3 Å². The number of aryl methyl sites for hydroxylation is 2. The third-order valence-corrected chi connectivity index (χ3v) is 4.80. The fraction of sp³-hybridized carbons (Fsp3) is 0.625. The molecule has 3 heterocycles. The summed E-state index contributed by atoms with van der Waals surface area (Å²) in [6.45, 7) is 3.05. The fourth-order valence-corrected chi connectivity index (χ4v) is 3.56. The molecule has 22 heavy (non-hydrogen) atoms. The smallest absolute Gasteiger partial charge is 0.0945 e. The minimum atomic E-state index is 0.445. The maximum Gasteiger partial charge on any atom is 0.0945 e. The Morgan fingerprint density at radius 1 is 1.32 bits per heavy atom. The average Bonchev–Trinajstić information content (AvgIpc) is 3.09. The van der Waals surface area contributed by atoms with E-state index in [2.05, 4.69) is 38.0 Å². The Morgan fingerprint density at radius 2 is 2.18 bits per heavy atom. The molecule has 1 aliphatic heterocycles. The molecule has 2 atom stereocenters. The molecule has 6 heteroatoms. The van der Waals surface area contributed by atoms with Gasteiger partial charge in [-0.1, -0.05) is 0 Å². The number of rotatable bonds is 5. The number of nitrogens with one attached hydrogen (secondary N) is 1. The topological polar surface area (TPSA) is 50.9 Å². The van der Waals surface area contributed by atoms with E-state index >= 15 is 0 Å². The molecule has 1 fully saturated rings. The summed E-state index contributed by atoms with van der Waals surface area (Å²) in [6.07, 6.45) is 8.21. The van der Waals surface area contributed by atoms with E-state index in [1.807, 2.05) is 37.5 Å². The zero-order chi connectivity index (χ0) is 15.5. The molecule has 0 amide bonds. The molecule has 0 aliphatic carbocycles. The van der Waals surface area contributed by atoms with Crippen molar-refractivity contribution in [2.24, 2.45) is 20.0 Å². The molecule has 0 aromatic carbocycles. The Kier molecular flexibility index (Phi) is 4.59. The zero-order valence-electron chi connectivity index (χ0n) is 13.7. The summed E-state index contributed by atoms with van der Waals surface area (Å²) in [5, 5.41) is 7.96. The SMILES string of the molecule is CN1CCC[C@@H](CNCc2cncn2C)[C@@H]1c1ccnn1C. The molecule has 1 aliphatic rings. The molecule has 1 saturated heterocycles. The minimum absolute atomic E-state index is 0.445. The van der Waals surface area contributed by atoms with Crippen LogP contribution in [0.15, 0.2) is 24.8 Å². The Labute approximate surface area is 132 Å². The number of hydrogen-bond donors (Lipinski definition) is 1. The highest BCUT2D eigenvalue weighted by Crippen LogP contribution is 2.34. The first-order chi connectivity index (χ1) is 10.7. The molecule has 2 aromatic heterocycles. The van der Waals surface area contributed by atoms with Crippen molar-refractivity contribution in [3.63, 3.8) is 0 Å². The molecule has 1 N–H and O–H groups in total. The number of imidazole rings is 1. The number of nitrogens with zero attached hydrogens (tertiary/aromatic N) is 5. The Hall–Kier alpha value is -1.66. The minimum Gasteiger partial charge on any atom is -0.337 e. The van der Waals surface area contributed by atoms with Crippen molar-refractivity contribution in [2.75, 3.05) is 20.1 Å². The summed E-state index contributed by atoms with van der Waals surface area (Å²) < 4.78 is 4.08. The number of piperidine rings is 1. The summed E-state index contributed by atoms with van der Waals surface area (Å²) in [7, 11) is 6.31. The van der Waals surface area contributed by atoms with Crippen molar-refractivity contribution in [1.29, 1.82) is 0 Å². The third-order valence-electron chi connectivity index (χ3n) is 4.80. The maximum atomic E-state index is 4.35. The van der Waals surface area contributed by atoms with Gasteiger partial charge < -0.3 is 9.88 Å². The van der Waals surface area contributed by atoms with Crippen LogP contribution in [-0.4, -0.2) is 44.4 Å². The van der Waals surface area contributed by atoms with Gasteiger partial charge in [0.1, 0.15) is 0 Å². The zero-order valence-corrected chi connectivity index (χ0v) is 13.7. The molecule has 6 nitrogen and oxygen atoms in total. The number of likely N-dealkylation sites (tertiary alicyclic amines) is 1. The third kappa shape index (κ3) is 3.08. The highest BCUT2D eigenvalue weighted by molar-refractivity contribution is 5.10. The molecular formula is C16H26N6. The van der Waals surface area contributed by atoms with Gasteiger partial charge in [0, 0.05) is 39.6 Å². The normalized spacial score (nSPS) is 23.0. The van der Waals surface area contributed by atoms with Crippen LogP contribution in [0.25, 0.3) is 0 Å². The quantitative estimate of drug-likeness (QED) is 0.905. The highest BCUT2D eigenvalue weighted by atomic mass is 15.3. The van der Waals surface area contributed by atoms with E-state index in [1.165, 1.54) is 24.2 Å². The second-order valence-electron chi connectivity index (χ2n) is 6.33. The molecule has 120 valence electrons. The molecule has 0 bridgehead atoms. The predicted molar refractivity (Wildman–Crippen MR) is 86.2 cm³/mol. The highest BCUT2D eigenvalue weighted by Gasteiger charge is 2.31. The fourth-order valence-electron chi connectivity index (χ4n) is 3.56. The Balaban J connectivity index is 1.65. The van der Waals surface area contributed by atoms with Gasteiger partial charge in [-0.05, 0) is 38.4 Å². The van der Waals surface area contributed by atoms with Gasteiger partial charge in [0.05, 0.1) is 23.8 Å². The van der Waals surface area contributed by atoms with Crippen molar-refractivity contribution in [2.45, 2.75) is 25.4 Å². The first-order valence-electron chi connectivity index (χ1n) is 8.01. The lowest BCUT2D eigenvalue weighted by Gasteiger charge is -2.39. The van der Waals surface area contributed by atoms with Crippen molar-refractivity contribution in [1.82, 2.24) is 29.5 Å². The van der Waals surface area contributed by atoms with Crippen LogP contribution in [0.5, 0.6) is 0 Å². The summed E-state index contributed by atoms with van der Waals surface area (Å²) >= 11 is 0. The van der Waals surface area contributed by atoms with Crippen LogP contribution >= 0.6 is 0 Å². The van der Waals surface area contributed by atoms with Crippen LogP contribution in [-0.2, 0) is 20.6 Å². The van der Waals surface area contributed by atoms with Gasteiger partial charge in [0.25, 0.3) is 0 Å². The standard InChI is InChI=1S/C16H26N6/c1-20-8-4-5-13(16(20)15-6-7-19-22(15)3)9-17-10-14-11-18-12-21(14)2/h6-7,11-13,16-17H,4-5,8-10H2,1-3H3/t13-,16+/m0/s1. The first-order valence-corrected chi connectivity index (χ1v) is 8.01. The van der Waals surface area contributed by atoms with Crippen molar-refractivity contribution >= 4 is 0 Å². The Morgan fingerprint density at radius 3 is 2.86 bits per heavy atom. The second-order valence-corrected chi connectivity index (χ2v) is 6.33. The lowest BCUT2D eigenvalue weighted by Crippen LogP contribution is -2.41. The molecule has 0 radical (unpaired) electrons. The van der Waals surface area contributed by atoms with Gasteiger partial charge in [0.2, 0.25) is 0 Å². The van der Waals surface area contributed by atoms with E-state index in [1.54, 1.807) is 0 Å². The van der Waals surface area contributed by atoms with Gasteiger partial charge >= 0.3 is 0 Å². The lowest BCUT2D eigenvalue weighted by molar-refractivity contribution is 0.112. The largest absolute Gasteiger partial charge is 0.337 e. The van der Waals surface area contributed by atoms with E-state index in [4.69, 9.17) is 0 Å². The average molecular weight is 302 g/mol. The van der Waals surface area contributed by atoms with E-state index in [0.29, 0.717) is 12.0 Å². The lowest BCUT2D eigenvalue weighted by atomic mass is 9.87. The summed E-state index contributed by atoms with van der Waals surface area (Å²) in [4.78, 5) is 6.64. The summed E-state index contributed by atoms with van der Waals surface area (Å²) in [5.74, 6) is 0.613.